The number of benzene rings is 1. The smallest absolute Gasteiger partial charge is 0.339 e. The highest BCUT2D eigenvalue weighted by Crippen LogP contribution is 2.31. The number of nitro groups is 1. The third-order valence-corrected chi connectivity index (χ3v) is 3.13. The fraction of sp³-hybridized carbons (Fsp3) is 0.462. The summed E-state index contributed by atoms with van der Waals surface area (Å²) < 4.78 is 10.8. The zero-order chi connectivity index (χ0) is 14.5. The molecule has 1 N–H and O–H groups in total. The van der Waals surface area contributed by atoms with Crippen LogP contribution in [-0.4, -0.2) is 35.3 Å². The molecule has 1 unspecified atom stereocenters. The van der Waals surface area contributed by atoms with E-state index < -0.39 is 10.9 Å². The van der Waals surface area contributed by atoms with Gasteiger partial charge in [0.05, 0.1) is 17.6 Å². The first-order valence-electron chi connectivity index (χ1n) is 6.34. The van der Waals surface area contributed by atoms with E-state index in [0.29, 0.717) is 6.42 Å². The minimum atomic E-state index is -1.25. The lowest BCUT2D eigenvalue weighted by atomic mass is 10.1. The minimum Gasteiger partial charge on any atom is -0.486 e. The fourth-order valence-corrected chi connectivity index (χ4v) is 2.15. The lowest BCUT2D eigenvalue weighted by molar-refractivity contribution is -0.385. The van der Waals surface area contributed by atoms with Crippen LogP contribution in [0, 0.1) is 10.1 Å². The Morgan fingerprint density at radius 1 is 1.55 bits per heavy atom. The minimum absolute atomic E-state index is 0.0889. The summed E-state index contributed by atoms with van der Waals surface area (Å²) in [4.78, 5) is 21.4. The molecule has 0 saturated carbocycles. The van der Waals surface area contributed by atoms with Crippen LogP contribution in [0.1, 0.15) is 29.6 Å². The van der Waals surface area contributed by atoms with Crippen molar-refractivity contribution < 1.29 is 24.3 Å². The van der Waals surface area contributed by atoms with E-state index in [0.717, 1.165) is 19.4 Å². The van der Waals surface area contributed by atoms with E-state index in [9.17, 15) is 14.9 Å². The Balaban J connectivity index is 2.10. The Hall–Kier alpha value is -2.15. The van der Waals surface area contributed by atoms with Gasteiger partial charge in [0.1, 0.15) is 5.56 Å². The molecule has 1 fully saturated rings. The molecule has 0 spiro atoms. The SMILES string of the molecule is O=C(O)c1cccc([N+](=O)[O-])c1OCCC1CCCO1. The molecule has 1 saturated heterocycles. The van der Waals surface area contributed by atoms with E-state index in [1.807, 2.05) is 0 Å². The molecule has 1 atom stereocenters. The first-order chi connectivity index (χ1) is 9.59. The first-order valence-corrected chi connectivity index (χ1v) is 6.34. The molecule has 1 aliphatic rings. The number of nitro benzene ring substituents is 1. The second-order valence-corrected chi connectivity index (χ2v) is 4.49. The maximum atomic E-state index is 11.1. The van der Waals surface area contributed by atoms with Crippen LogP contribution in [0.5, 0.6) is 5.75 Å². The van der Waals surface area contributed by atoms with Crippen LogP contribution in [0.15, 0.2) is 18.2 Å². The van der Waals surface area contributed by atoms with Gasteiger partial charge in [0.15, 0.2) is 0 Å². The Morgan fingerprint density at radius 3 is 2.95 bits per heavy atom. The van der Waals surface area contributed by atoms with E-state index in [1.165, 1.54) is 18.2 Å². The average molecular weight is 281 g/mol. The van der Waals surface area contributed by atoms with Gasteiger partial charge in [0.25, 0.3) is 0 Å². The van der Waals surface area contributed by atoms with Crippen LogP contribution in [-0.2, 0) is 4.74 Å². The quantitative estimate of drug-likeness (QED) is 0.634. The number of rotatable bonds is 6. The third kappa shape index (κ3) is 3.24. The van der Waals surface area contributed by atoms with Crippen molar-refractivity contribution in [3.8, 4) is 5.75 Å². The van der Waals surface area contributed by atoms with Crippen LogP contribution < -0.4 is 4.74 Å². The van der Waals surface area contributed by atoms with Gasteiger partial charge in [-0.3, -0.25) is 10.1 Å². The van der Waals surface area contributed by atoms with Crippen molar-refractivity contribution >= 4 is 11.7 Å². The number of carboxylic acid groups (broad SMARTS) is 1. The Morgan fingerprint density at radius 2 is 2.35 bits per heavy atom. The van der Waals surface area contributed by atoms with Gasteiger partial charge in [-0.05, 0) is 18.9 Å². The molecule has 7 heteroatoms. The molecule has 1 heterocycles. The molecule has 20 heavy (non-hydrogen) atoms. The Bertz CT molecular complexity index is 477. The Labute approximate surface area is 115 Å². The maximum Gasteiger partial charge on any atom is 0.339 e. The van der Waals surface area contributed by atoms with Crippen LogP contribution >= 0.6 is 0 Å². The number of hydrogen-bond donors (Lipinski definition) is 1. The van der Waals surface area contributed by atoms with Gasteiger partial charge in [0, 0.05) is 19.1 Å². The number of aromatic carboxylic acids is 1. The van der Waals surface area contributed by atoms with Gasteiger partial charge in [-0.2, -0.15) is 0 Å². The summed E-state index contributed by atoms with van der Waals surface area (Å²) in [6, 6.07) is 3.85. The average Bonchev–Trinajstić information content (AvgIpc) is 2.91. The van der Waals surface area contributed by atoms with Crippen molar-refractivity contribution in [3.05, 3.63) is 33.9 Å². The lowest BCUT2D eigenvalue weighted by Gasteiger charge is -2.12. The maximum absolute atomic E-state index is 11.1. The first kappa shape index (κ1) is 14.3. The van der Waals surface area contributed by atoms with Crippen molar-refractivity contribution in [1.82, 2.24) is 0 Å². The normalized spacial score (nSPS) is 17.9. The number of nitrogens with zero attached hydrogens (tertiary/aromatic N) is 1. The molecule has 7 nitrogen and oxygen atoms in total. The van der Waals surface area contributed by atoms with Crippen molar-refractivity contribution in [2.24, 2.45) is 0 Å². The summed E-state index contributed by atoms with van der Waals surface area (Å²) in [6.07, 6.45) is 2.61. The zero-order valence-electron chi connectivity index (χ0n) is 10.8. The van der Waals surface area contributed by atoms with E-state index in [2.05, 4.69) is 0 Å². The Kier molecular flexibility index (Phi) is 4.52. The van der Waals surface area contributed by atoms with E-state index in [1.54, 1.807) is 0 Å². The van der Waals surface area contributed by atoms with E-state index in [-0.39, 0.29) is 29.7 Å². The highest BCUT2D eigenvalue weighted by Gasteiger charge is 2.23. The highest BCUT2D eigenvalue weighted by atomic mass is 16.6. The van der Waals surface area contributed by atoms with Crippen LogP contribution in [0.25, 0.3) is 0 Å². The standard InChI is InChI=1S/C13H15NO6/c15-13(16)10-4-1-5-11(14(17)18)12(10)20-8-6-9-3-2-7-19-9/h1,4-5,9H,2-3,6-8H2,(H,15,16). The summed E-state index contributed by atoms with van der Waals surface area (Å²) >= 11 is 0. The van der Waals surface area contributed by atoms with Gasteiger partial charge in [0.2, 0.25) is 5.75 Å². The number of carbonyl (C=O) groups is 1. The summed E-state index contributed by atoms with van der Waals surface area (Å²) in [5.74, 6) is -1.44. The second-order valence-electron chi connectivity index (χ2n) is 4.49. The van der Waals surface area contributed by atoms with Gasteiger partial charge >= 0.3 is 11.7 Å². The van der Waals surface area contributed by atoms with Gasteiger partial charge in [-0.1, -0.05) is 6.07 Å². The highest BCUT2D eigenvalue weighted by molar-refractivity contribution is 5.92. The van der Waals surface area contributed by atoms with Crippen molar-refractivity contribution in [2.45, 2.75) is 25.4 Å². The molecule has 0 aliphatic carbocycles. The van der Waals surface area contributed by atoms with Crippen molar-refractivity contribution in [1.29, 1.82) is 0 Å². The van der Waals surface area contributed by atoms with Crippen molar-refractivity contribution in [2.75, 3.05) is 13.2 Å². The summed E-state index contributed by atoms with van der Waals surface area (Å²) in [5.41, 5.74) is -0.538. The predicted octanol–water partition coefficient (Wildman–Crippen LogP) is 2.24. The molecule has 2 rings (SSSR count). The molecule has 0 aromatic heterocycles. The van der Waals surface area contributed by atoms with Gasteiger partial charge in [-0.15, -0.1) is 0 Å². The van der Waals surface area contributed by atoms with Gasteiger partial charge < -0.3 is 14.6 Å². The molecule has 1 aromatic carbocycles. The summed E-state index contributed by atoms with van der Waals surface area (Å²) in [6.45, 7) is 0.909. The van der Waals surface area contributed by atoms with Crippen LogP contribution in [0.2, 0.25) is 0 Å². The largest absolute Gasteiger partial charge is 0.486 e. The van der Waals surface area contributed by atoms with Crippen molar-refractivity contribution in [3.63, 3.8) is 0 Å². The number of ether oxygens (including phenoxy) is 2. The topological polar surface area (TPSA) is 98.9 Å². The third-order valence-electron chi connectivity index (χ3n) is 3.13. The zero-order valence-corrected chi connectivity index (χ0v) is 10.8. The number of hydrogen-bond acceptors (Lipinski definition) is 5. The van der Waals surface area contributed by atoms with Crippen LogP contribution in [0.4, 0.5) is 5.69 Å². The lowest BCUT2D eigenvalue weighted by Crippen LogP contribution is -2.13. The monoisotopic (exact) mass is 281 g/mol. The molecule has 108 valence electrons. The summed E-state index contributed by atoms with van der Waals surface area (Å²) in [5, 5.41) is 20.0. The summed E-state index contributed by atoms with van der Waals surface area (Å²) in [7, 11) is 0. The van der Waals surface area contributed by atoms with Crippen LogP contribution in [0.3, 0.4) is 0 Å². The molecule has 1 aromatic rings. The number of carboxylic acids is 1. The fourth-order valence-electron chi connectivity index (χ4n) is 2.15. The van der Waals surface area contributed by atoms with Gasteiger partial charge in [-0.25, -0.2) is 4.79 Å². The molecule has 0 amide bonds. The molecular weight excluding hydrogens is 266 g/mol. The molecule has 0 radical (unpaired) electrons. The molecular formula is C13H15NO6. The molecule has 1 aliphatic heterocycles. The molecule has 0 bridgehead atoms. The number of para-hydroxylation sites is 1. The predicted molar refractivity (Wildman–Crippen MR) is 69.1 cm³/mol. The van der Waals surface area contributed by atoms with E-state index >= 15 is 0 Å². The second kappa shape index (κ2) is 6.33. The van der Waals surface area contributed by atoms with E-state index in [4.69, 9.17) is 14.6 Å².